The fourth-order valence-corrected chi connectivity index (χ4v) is 3.02. The number of piperidine rings is 1. The Bertz CT molecular complexity index is 169. The second-order valence-corrected chi connectivity index (χ2v) is 4.56. The van der Waals surface area contributed by atoms with Crippen LogP contribution in [-0.2, 0) is 0 Å². The molecule has 0 aromatic rings. The molecule has 0 aromatic heterocycles. The largest absolute Gasteiger partial charge is 0.395 e. The Hall–Kier alpha value is -0.120. The molecule has 1 unspecified atom stereocenters. The third-order valence-corrected chi connectivity index (χ3v) is 3.73. The van der Waals surface area contributed by atoms with Crippen LogP contribution >= 0.6 is 0 Å². The summed E-state index contributed by atoms with van der Waals surface area (Å²) < 4.78 is 0. The predicted molar refractivity (Wildman–Crippen MR) is 57.3 cm³/mol. The molecule has 3 nitrogen and oxygen atoms in total. The molecule has 2 aliphatic rings. The van der Waals surface area contributed by atoms with E-state index >= 15 is 0 Å². The Morgan fingerprint density at radius 2 is 2.00 bits per heavy atom. The van der Waals surface area contributed by atoms with Gasteiger partial charge in [0.05, 0.1) is 6.61 Å². The number of aliphatic hydroxyl groups excluding tert-OH is 1. The summed E-state index contributed by atoms with van der Waals surface area (Å²) in [6, 6.07) is 0.768. The quantitative estimate of drug-likeness (QED) is 0.691. The second-order valence-electron chi connectivity index (χ2n) is 4.56. The molecular weight excluding hydrogens is 176 g/mol. The van der Waals surface area contributed by atoms with Crippen molar-refractivity contribution in [1.29, 1.82) is 0 Å². The van der Waals surface area contributed by atoms with Gasteiger partial charge in [-0.05, 0) is 51.2 Å². The molecule has 0 radical (unpaired) electrons. The van der Waals surface area contributed by atoms with Crippen LogP contribution in [-0.4, -0.2) is 48.8 Å². The zero-order valence-corrected chi connectivity index (χ0v) is 8.91. The number of rotatable bonds is 3. The minimum Gasteiger partial charge on any atom is -0.395 e. The molecule has 2 saturated heterocycles. The average Bonchev–Trinajstić information content (AvgIpc) is 2.68. The van der Waals surface area contributed by atoms with Gasteiger partial charge in [-0.3, -0.25) is 4.90 Å². The SMILES string of the molecule is OCCN1CCCC1C1CCNCC1. The van der Waals surface area contributed by atoms with Gasteiger partial charge < -0.3 is 10.4 Å². The van der Waals surface area contributed by atoms with Crippen LogP contribution in [0.2, 0.25) is 0 Å². The van der Waals surface area contributed by atoms with E-state index in [-0.39, 0.29) is 0 Å². The summed E-state index contributed by atoms with van der Waals surface area (Å²) in [5.41, 5.74) is 0. The Morgan fingerprint density at radius 3 is 2.71 bits per heavy atom. The minimum atomic E-state index is 0.321. The standard InChI is InChI=1S/C11H22N2O/c14-9-8-13-7-1-2-11(13)10-3-5-12-6-4-10/h10-12,14H,1-9H2. The summed E-state index contributed by atoms with van der Waals surface area (Å²) in [4.78, 5) is 2.50. The first-order chi connectivity index (χ1) is 6.92. The highest BCUT2D eigenvalue weighted by molar-refractivity contribution is 4.87. The van der Waals surface area contributed by atoms with Gasteiger partial charge in [-0.2, -0.15) is 0 Å². The van der Waals surface area contributed by atoms with Crippen molar-refractivity contribution in [2.75, 3.05) is 32.8 Å². The molecular formula is C11H22N2O. The monoisotopic (exact) mass is 198 g/mol. The Labute approximate surface area is 86.5 Å². The minimum absolute atomic E-state index is 0.321. The van der Waals surface area contributed by atoms with Gasteiger partial charge in [0, 0.05) is 12.6 Å². The van der Waals surface area contributed by atoms with Crippen LogP contribution in [0.3, 0.4) is 0 Å². The molecule has 0 saturated carbocycles. The van der Waals surface area contributed by atoms with Crippen molar-refractivity contribution < 1.29 is 5.11 Å². The number of nitrogens with one attached hydrogen (secondary N) is 1. The molecule has 2 fully saturated rings. The number of hydrogen-bond donors (Lipinski definition) is 2. The molecule has 3 heteroatoms. The highest BCUT2D eigenvalue weighted by Gasteiger charge is 2.31. The second kappa shape index (κ2) is 5.10. The van der Waals surface area contributed by atoms with Gasteiger partial charge in [0.2, 0.25) is 0 Å². The molecule has 0 bridgehead atoms. The van der Waals surface area contributed by atoms with Crippen LogP contribution < -0.4 is 5.32 Å². The van der Waals surface area contributed by atoms with Crippen LogP contribution in [0, 0.1) is 5.92 Å². The van der Waals surface area contributed by atoms with Crippen molar-refractivity contribution in [3.05, 3.63) is 0 Å². The molecule has 2 heterocycles. The number of aliphatic hydroxyl groups is 1. The molecule has 0 amide bonds. The normalized spacial score (nSPS) is 31.1. The van der Waals surface area contributed by atoms with Gasteiger partial charge in [0.1, 0.15) is 0 Å². The number of likely N-dealkylation sites (tertiary alicyclic amines) is 1. The van der Waals surface area contributed by atoms with E-state index in [2.05, 4.69) is 10.2 Å². The van der Waals surface area contributed by atoms with Crippen molar-refractivity contribution in [3.8, 4) is 0 Å². The lowest BCUT2D eigenvalue weighted by Crippen LogP contribution is -2.42. The summed E-state index contributed by atoms with van der Waals surface area (Å²) in [5, 5.41) is 12.4. The lowest BCUT2D eigenvalue weighted by atomic mass is 9.89. The number of hydrogen-bond acceptors (Lipinski definition) is 3. The van der Waals surface area contributed by atoms with Crippen molar-refractivity contribution in [2.45, 2.75) is 31.7 Å². The Balaban J connectivity index is 1.87. The lowest BCUT2D eigenvalue weighted by molar-refractivity contribution is 0.133. The van der Waals surface area contributed by atoms with Gasteiger partial charge in [-0.25, -0.2) is 0 Å². The molecule has 0 spiro atoms. The van der Waals surface area contributed by atoms with E-state index in [9.17, 15) is 0 Å². The van der Waals surface area contributed by atoms with Gasteiger partial charge in [0.15, 0.2) is 0 Å². The zero-order valence-electron chi connectivity index (χ0n) is 8.91. The first-order valence-electron chi connectivity index (χ1n) is 5.97. The predicted octanol–water partition coefficient (Wildman–Crippen LogP) is 0.443. The fraction of sp³-hybridized carbons (Fsp3) is 1.00. The molecule has 2 aliphatic heterocycles. The topological polar surface area (TPSA) is 35.5 Å². The Kier molecular flexibility index (Phi) is 3.79. The van der Waals surface area contributed by atoms with Crippen LogP contribution in [0.25, 0.3) is 0 Å². The molecule has 82 valence electrons. The summed E-state index contributed by atoms with van der Waals surface area (Å²) in [6.07, 6.45) is 5.33. The average molecular weight is 198 g/mol. The highest BCUT2D eigenvalue weighted by Crippen LogP contribution is 2.28. The van der Waals surface area contributed by atoms with E-state index in [1.807, 2.05) is 0 Å². The molecule has 0 aliphatic carbocycles. The molecule has 2 rings (SSSR count). The van der Waals surface area contributed by atoms with E-state index in [4.69, 9.17) is 5.11 Å². The number of nitrogens with zero attached hydrogens (tertiary/aromatic N) is 1. The van der Waals surface area contributed by atoms with Crippen molar-refractivity contribution in [2.24, 2.45) is 5.92 Å². The van der Waals surface area contributed by atoms with Crippen molar-refractivity contribution in [3.63, 3.8) is 0 Å². The summed E-state index contributed by atoms with van der Waals surface area (Å²) in [6.45, 7) is 4.79. The van der Waals surface area contributed by atoms with Crippen LogP contribution in [0.1, 0.15) is 25.7 Å². The first-order valence-corrected chi connectivity index (χ1v) is 5.97. The summed E-state index contributed by atoms with van der Waals surface area (Å²) in [7, 11) is 0. The smallest absolute Gasteiger partial charge is 0.0558 e. The van der Waals surface area contributed by atoms with Gasteiger partial charge in [0.25, 0.3) is 0 Å². The third-order valence-electron chi connectivity index (χ3n) is 3.73. The van der Waals surface area contributed by atoms with Crippen LogP contribution in [0.15, 0.2) is 0 Å². The summed E-state index contributed by atoms with van der Waals surface area (Å²) >= 11 is 0. The third kappa shape index (κ3) is 2.27. The van der Waals surface area contributed by atoms with E-state index in [1.165, 1.54) is 45.3 Å². The number of β-amino-alcohol motifs (C(OH)–C–C–N with tert-alkyl or cyclic N) is 1. The van der Waals surface area contributed by atoms with Crippen LogP contribution in [0.5, 0.6) is 0 Å². The van der Waals surface area contributed by atoms with Crippen molar-refractivity contribution >= 4 is 0 Å². The molecule has 14 heavy (non-hydrogen) atoms. The van der Waals surface area contributed by atoms with E-state index in [0.29, 0.717) is 6.61 Å². The maximum Gasteiger partial charge on any atom is 0.0558 e. The van der Waals surface area contributed by atoms with Crippen LogP contribution in [0.4, 0.5) is 0 Å². The summed E-state index contributed by atoms with van der Waals surface area (Å²) in [5.74, 6) is 0.880. The van der Waals surface area contributed by atoms with E-state index < -0.39 is 0 Å². The fourth-order valence-electron chi connectivity index (χ4n) is 3.02. The zero-order chi connectivity index (χ0) is 9.80. The highest BCUT2D eigenvalue weighted by atomic mass is 16.3. The van der Waals surface area contributed by atoms with Crippen molar-refractivity contribution in [1.82, 2.24) is 10.2 Å². The molecule has 0 aromatic carbocycles. The van der Waals surface area contributed by atoms with Gasteiger partial charge in [-0.1, -0.05) is 0 Å². The lowest BCUT2D eigenvalue weighted by Gasteiger charge is -2.34. The maximum absolute atomic E-state index is 8.99. The Morgan fingerprint density at radius 1 is 1.21 bits per heavy atom. The molecule has 1 atom stereocenters. The maximum atomic E-state index is 8.99. The van der Waals surface area contributed by atoms with E-state index in [1.54, 1.807) is 0 Å². The van der Waals surface area contributed by atoms with E-state index in [0.717, 1.165) is 18.5 Å². The van der Waals surface area contributed by atoms with Gasteiger partial charge >= 0.3 is 0 Å². The van der Waals surface area contributed by atoms with Gasteiger partial charge in [-0.15, -0.1) is 0 Å². The first kappa shape index (κ1) is 10.4. The molecule has 2 N–H and O–H groups in total.